The number of carbonyl (C=O) groups is 2. The Hall–Kier alpha value is -4.93. The third kappa shape index (κ3) is 8.12. The Labute approximate surface area is 252 Å². The average molecular weight is 607 g/mol. The first kappa shape index (κ1) is 32.0. The van der Waals surface area contributed by atoms with E-state index in [0.29, 0.717) is 33.5 Å². The van der Waals surface area contributed by atoms with Gasteiger partial charge >= 0.3 is 12.3 Å². The Balaban J connectivity index is 1.52. The van der Waals surface area contributed by atoms with Crippen LogP contribution >= 0.6 is 0 Å². The second kappa shape index (κ2) is 12.7. The van der Waals surface area contributed by atoms with Gasteiger partial charge in [-0.3, -0.25) is 9.59 Å². The van der Waals surface area contributed by atoms with Gasteiger partial charge in [0.15, 0.2) is 0 Å². The third-order valence-electron chi connectivity index (χ3n) is 6.71. The molecule has 0 bridgehead atoms. The standard InChI is InChI=1S/C33H33F3N4O4/c1-20(38-30(42)28-8-6-7-27(39-28)23-15-16-40(5)29(41)17-23)21-9-11-22(12-10-21)26-18-25(33(34,35)36)14-13-24(26)19-37-31(43)44-32(2,3)4/h6-18,20H,19H2,1-5H3,(H,37,43)(H,38,42)/t20-/m1/s1. The van der Waals surface area contributed by atoms with Crippen LogP contribution in [0.3, 0.4) is 0 Å². The summed E-state index contributed by atoms with van der Waals surface area (Å²) < 4.78 is 47.3. The number of aromatic nitrogens is 2. The van der Waals surface area contributed by atoms with Gasteiger partial charge in [0.25, 0.3) is 11.5 Å². The smallest absolute Gasteiger partial charge is 0.416 e. The highest BCUT2D eigenvalue weighted by atomic mass is 19.4. The molecule has 2 aromatic heterocycles. The molecule has 2 N–H and O–H groups in total. The van der Waals surface area contributed by atoms with Crippen molar-refractivity contribution in [2.45, 2.75) is 52.1 Å². The van der Waals surface area contributed by atoms with Crippen LogP contribution in [-0.4, -0.2) is 27.2 Å². The summed E-state index contributed by atoms with van der Waals surface area (Å²) >= 11 is 0. The van der Waals surface area contributed by atoms with Crippen LogP contribution in [0.1, 0.15) is 60.9 Å². The number of alkyl halides is 3. The lowest BCUT2D eigenvalue weighted by Crippen LogP contribution is -2.32. The highest BCUT2D eigenvalue weighted by Gasteiger charge is 2.31. The molecule has 44 heavy (non-hydrogen) atoms. The Morgan fingerprint density at radius 2 is 1.66 bits per heavy atom. The number of hydrogen-bond donors (Lipinski definition) is 2. The summed E-state index contributed by atoms with van der Waals surface area (Å²) in [6, 6.07) is 17.8. The predicted molar refractivity (Wildman–Crippen MR) is 161 cm³/mol. The Morgan fingerprint density at radius 3 is 2.30 bits per heavy atom. The van der Waals surface area contributed by atoms with Crippen LogP contribution in [-0.2, 0) is 24.5 Å². The second-order valence-electron chi connectivity index (χ2n) is 11.3. The number of rotatable bonds is 7. The number of halogens is 3. The molecule has 0 saturated carbocycles. The van der Waals surface area contributed by atoms with Crippen LogP contribution in [0.15, 0.2) is 83.8 Å². The number of amides is 2. The van der Waals surface area contributed by atoms with Crippen molar-refractivity contribution in [2.24, 2.45) is 7.05 Å². The summed E-state index contributed by atoms with van der Waals surface area (Å²) in [7, 11) is 1.64. The normalized spacial score (nSPS) is 12.4. The zero-order chi connectivity index (χ0) is 32.2. The molecule has 0 fully saturated rings. The van der Waals surface area contributed by atoms with Crippen molar-refractivity contribution in [2.75, 3.05) is 0 Å². The van der Waals surface area contributed by atoms with Crippen molar-refractivity contribution in [3.05, 3.63) is 112 Å². The van der Waals surface area contributed by atoms with E-state index in [9.17, 15) is 27.6 Å². The minimum atomic E-state index is -4.55. The number of ether oxygens (including phenoxy) is 1. The molecule has 1 atom stereocenters. The van der Waals surface area contributed by atoms with E-state index in [0.717, 1.165) is 12.1 Å². The Bertz CT molecular complexity index is 1720. The van der Waals surface area contributed by atoms with E-state index in [-0.39, 0.29) is 17.8 Å². The van der Waals surface area contributed by atoms with Crippen LogP contribution in [0.25, 0.3) is 22.4 Å². The highest BCUT2D eigenvalue weighted by molar-refractivity contribution is 5.93. The predicted octanol–water partition coefficient (Wildman–Crippen LogP) is 6.65. The summed E-state index contributed by atoms with van der Waals surface area (Å²) in [5.41, 5.74) is 1.47. The molecular formula is C33H33F3N4O4. The van der Waals surface area contributed by atoms with Gasteiger partial charge in [0.05, 0.1) is 17.3 Å². The molecule has 0 saturated heterocycles. The van der Waals surface area contributed by atoms with Crippen LogP contribution in [0.4, 0.5) is 18.0 Å². The van der Waals surface area contributed by atoms with Crippen molar-refractivity contribution in [3.63, 3.8) is 0 Å². The maximum Gasteiger partial charge on any atom is 0.416 e. The van der Waals surface area contributed by atoms with Gasteiger partial charge in [0.2, 0.25) is 0 Å². The molecule has 4 rings (SSSR count). The SMILES string of the molecule is C[C@@H](NC(=O)c1cccc(-c2ccn(C)c(=O)c2)n1)c1ccc(-c2cc(C(F)(F)F)ccc2CNC(=O)OC(C)(C)C)cc1. The number of nitrogens with zero attached hydrogens (tertiary/aromatic N) is 2. The summed E-state index contributed by atoms with van der Waals surface area (Å²) in [6.07, 6.45) is -3.61. The monoisotopic (exact) mass is 606 g/mol. The van der Waals surface area contributed by atoms with Crippen molar-refractivity contribution >= 4 is 12.0 Å². The van der Waals surface area contributed by atoms with Gasteiger partial charge in [-0.15, -0.1) is 0 Å². The number of hydrogen-bond acceptors (Lipinski definition) is 5. The van der Waals surface area contributed by atoms with Gasteiger partial charge in [0.1, 0.15) is 11.3 Å². The number of alkyl carbamates (subject to hydrolysis) is 1. The Kier molecular flexibility index (Phi) is 9.27. The van der Waals surface area contributed by atoms with E-state index in [2.05, 4.69) is 15.6 Å². The van der Waals surface area contributed by atoms with E-state index in [4.69, 9.17) is 4.74 Å². The maximum absolute atomic E-state index is 13.6. The molecule has 230 valence electrons. The minimum Gasteiger partial charge on any atom is -0.444 e. The van der Waals surface area contributed by atoms with Gasteiger partial charge in [-0.05, 0) is 80.3 Å². The molecule has 2 heterocycles. The topological polar surface area (TPSA) is 102 Å². The molecule has 8 nitrogen and oxygen atoms in total. The molecular weight excluding hydrogens is 573 g/mol. The first-order chi connectivity index (χ1) is 20.6. The van der Waals surface area contributed by atoms with Crippen molar-refractivity contribution in [1.82, 2.24) is 20.2 Å². The van der Waals surface area contributed by atoms with Crippen LogP contribution in [0.5, 0.6) is 0 Å². The lowest BCUT2D eigenvalue weighted by molar-refractivity contribution is -0.137. The zero-order valence-electron chi connectivity index (χ0n) is 25.0. The first-order valence-electron chi connectivity index (χ1n) is 13.8. The summed E-state index contributed by atoms with van der Waals surface area (Å²) in [5, 5.41) is 5.48. The first-order valence-corrected chi connectivity index (χ1v) is 13.8. The van der Waals surface area contributed by atoms with Gasteiger partial charge in [-0.2, -0.15) is 13.2 Å². The quantitative estimate of drug-likeness (QED) is 0.245. The van der Waals surface area contributed by atoms with Crippen molar-refractivity contribution < 1.29 is 27.5 Å². The summed E-state index contributed by atoms with van der Waals surface area (Å²) in [4.78, 5) is 41.6. The molecule has 2 amide bonds. The minimum absolute atomic E-state index is 0.0415. The lowest BCUT2D eigenvalue weighted by Gasteiger charge is -2.20. The maximum atomic E-state index is 13.6. The van der Waals surface area contributed by atoms with Crippen LogP contribution in [0, 0.1) is 0 Å². The number of nitrogens with one attached hydrogen (secondary N) is 2. The molecule has 0 spiro atoms. The number of aryl methyl sites for hydroxylation is 1. The third-order valence-corrected chi connectivity index (χ3v) is 6.71. The molecule has 11 heteroatoms. The Morgan fingerprint density at radius 1 is 0.955 bits per heavy atom. The summed E-state index contributed by atoms with van der Waals surface area (Å²) in [5.74, 6) is -0.430. The number of benzene rings is 2. The fraction of sp³-hybridized carbons (Fsp3) is 0.273. The van der Waals surface area contributed by atoms with E-state index in [1.54, 1.807) is 89.5 Å². The van der Waals surface area contributed by atoms with E-state index in [1.165, 1.54) is 16.7 Å². The molecule has 0 aliphatic heterocycles. The fourth-order valence-electron chi connectivity index (χ4n) is 4.39. The van der Waals surface area contributed by atoms with Crippen molar-refractivity contribution in [1.29, 1.82) is 0 Å². The molecule has 4 aromatic rings. The van der Waals surface area contributed by atoms with Crippen molar-refractivity contribution in [3.8, 4) is 22.4 Å². The average Bonchev–Trinajstić information content (AvgIpc) is 2.96. The molecule has 0 aliphatic rings. The van der Waals surface area contributed by atoms with Crippen LogP contribution in [0.2, 0.25) is 0 Å². The fourth-order valence-corrected chi connectivity index (χ4v) is 4.39. The molecule has 0 aliphatic carbocycles. The molecule has 0 radical (unpaired) electrons. The zero-order valence-corrected chi connectivity index (χ0v) is 25.0. The highest BCUT2D eigenvalue weighted by Crippen LogP contribution is 2.34. The summed E-state index contributed by atoms with van der Waals surface area (Å²) in [6.45, 7) is 6.87. The number of pyridine rings is 2. The van der Waals surface area contributed by atoms with Gasteiger partial charge in [-0.1, -0.05) is 36.4 Å². The van der Waals surface area contributed by atoms with Gasteiger partial charge < -0.3 is 19.9 Å². The number of carbonyl (C=O) groups excluding carboxylic acids is 2. The van der Waals surface area contributed by atoms with Gasteiger partial charge in [0, 0.05) is 31.4 Å². The van der Waals surface area contributed by atoms with E-state index >= 15 is 0 Å². The van der Waals surface area contributed by atoms with E-state index < -0.39 is 35.4 Å². The van der Waals surface area contributed by atoms with Crippen LogP contribution < -0.4 is 16.2 Å². The van der Waals surface area contributed by atoms with Gasteiger partial charge in [-0.25, -0.2) is 9.78 Å². The molecule has 2 aromatic carbocycles. The largest absolute Gasteiger partial charge is 0.444 e. The second-order valence-corrected chi connectivity index (χ2v) is 11.3. The van der Waals surface area contributed by atoms with E-state index in [1.807, 2.05) is 0 Å². The lowest BCUT2D eigenvalue weighted by atomic mass is 9.95. The molecule has 0 unspecified atom stereocenters.